The molecule has 1 saturated heterocycles. The molecule has 1 fully saturated rings. The summed E-state index contributed by atoms with van der Waals surface area (Å²) in [5.41, 5.74) is 1.94. The van der Waals surface area contributed by atoms with Gasteiger partial charge < -0.3 is 15.0 Å². The minimum Gasteiger partial charge on any atom is -0.445 e. The molecule has 1 aliphatic rings. The van der Waals surface area contributed by atoms with Gasteiger partial charge in [0.2, 0.25) is 5.91 Å². The van der Waals surface area contributed by atoms with Crippen LogP contribution in [0.1, 0.15) is 42.9 Å². The highest BCUT2D eigenvalue weighted by atomic mass is 35.5. The third-order valence-corrected chi connectivity index (χ3v) is 5.69. The Morgan fingerprint density at radius 1 is 1.10 bits per heavy atom. The molecule has 0 aliphatic carbocycles. The Bertz CT molecular complexity index is 845. The van der Waals surface area contributed by atoms with Crippen molar-refractivity contribution in [3.63, 3.8) is 0 Å². The second-order valence-corrected chi connectivity index (χ2v) is 7.83. The van der Waals surface area contributed by atoms with Crippen molar-refractivity contribution in [1.29, 1.82) is 0 Å². The first-order valence-corrected chi connectivity index (χ1v) is 10.5. The molecule has 0 spiro atoms. The van der Waals surface area contributed by atoms with Crippen LogP contribution < -0.4 is 5.32 Å². The van der Waals surface area contributed by atoms with Gasteiger partial charge in [-0.2, -0.15) is 0 Å². The Morgan fingerprint density at radius 2 is 1.90 bits per heavy atom. The number of hydrogen-bond acceptors (Lipinski definition) is 3. The number of carbonyl (C=O) groups excluding carboxylic acids is 2. The number of nitrogens with one attached hydrogen (secondary N) is 1. The van der Waals surface area contributed by atoms with E-state index >= 15 is 0 Å². The van der Waals surface area contributed by atoms with Crippen molar-refractivity contribution < 1.29 is 14.3 Å². The van der Waals surface area contributed by atoms with Crippen molar-refractivity contribution in [2.75, 3.05) is 13.1 Å². The van der Waals surface area contributed by atoms with Crippen LogP contribution >= 0.6 is 23.2 Å². The van der Waals surface area contributed by atoms with Crippen LogP contribution in [0.2, 0.25) is 10.0 Å². The molecule has 7 heteroatoms. The number of hydrogen-bond donors (Lipinski definition) is 1. The molecule has 1 unspecified atom stereocenters. The second-order valence-electron chi connectivity index (χ2n) is 7.01. The van der Waals surface area contributed by atoms with Crippen LogP contribution in [0.15, 0.2) is 48.5 Å². The van der Waals surface area contributed by atoms with E-state index in [2.05, 4.69) is 5.32 Å². The van der Waals surface area contributed by atoms with Gasteiger partial charge in [0.1, 0.15) is 6.61 Å². The van der Waals surface area contributed by atoms with Gasteiger partial charge in [0.25, 0.3) is 0 Å². The molecule has 0 bridgehead atoms. The van der Waals surface area contributed by atoms with Gasteiger partial charge in [-0.05, 0) is 42.5 Å². The van der Waals surface area contributed by atoms with E-state index in [0.717, 1.165) is 30.5 Å². The molecule has 2 amide bonds. The summed E-state index contributed by atoms with van der Waals surface area (Å²) < 4.78 is 5.16. The lowest BCUT2D eigenvalue weighted by Gasteiger charge is -2.25. The van der Waals surface area contributed by atoms with Gasteiger partial charge >= 0.3 is 6.09 Å². The van der Waals surface area contributed by atoms with E-state index in [0.29, 0.717) is 29.4 Å². The summed E-state index contributed by atoms with van der Waals surface area (Å²) in [5, 5.41) is 3.70. The maximum absolute atomic E-state index is 12.7. The molecular weight excluding hydrogens is 411 g/mol. The second kappa shape index (κ2) is 10.5. The van der Waals surface area contributed by atoms with Crippen LogP contribution in [0.5, 0.6) is 0 Å². The maximum Gasteiger partial charge on any atom is 0.407 e. The fraction of sp³-hybridized carbons (Fsp3) is 0.364. The Hall–Kier alpha value is -2.24. The van der Waals surface area contributed by atoms with Crippen LogP contribution in [0.4, 0.5) is 4.79 Å². The fourth-order valence-electron chi connectivity index (χ4n) is 3.48. The third-order valence-electron chi connectivity index (χ3n) is 4.95. The van der Waals surface area contributed by atoms with Crippen LogP contribution in [0.3, 0.4) is 0 Å². The van der Waals surface area contributed by atoms with Gasteiger partial charge in [-0.3, -0.25) is 4.79 Å². The van der Waals surface area contributed by atoms with E-state index in [9.17, 15) is 9.59 Å². The Labute approximate surface area is 180 Å². The van der Waals surface area contributed by atoms with Gasteiger partial charge in [-0.25, -0.2) is 4.79 Å². The number of carbonyl (C=O) groups is 2. The van der Waals surface area contributed by atoms with Crippen LogP contribution in [-0.2, 0) is 16.1 Å². The highest BCUT2D eigenvalue weighted by molar-refractivity contribution is 6.42. The number of benzene rings is 2. The van der Waals surface area contributed by atoms with E-state index in [4.69, 9.17) is 27.9 Å². The summed E-state index contributed by atoms with van der Waals surface area (Å²) in [6.45, 7) is 1.35. The van der Waals surface area contributed by atoms with Crippen LogP contribution in [-0.4, -0.2) is 30.0 Å². The van der Waals surface area contributed by atoms with Gasteiger partial charge in [0, 0.05) is 19.5 Å². The predicted octanol–water partition coefficient (Wildman–Crippen LogP) is 5.36. The molecule has 1 atom stereocenters. The summed E-state index contributed by atoms with van der Waals surface area (Å²) in [5.74, 6) is 0.0815. The normalized spacial score (nSPS) is 15.9. The topological polar surface area (TPSA) is 58.6 Å². The van der Waals surface area contributed by atoms with Crippen molar-refractivity contribution in [3.8, 4) is 0 Å². The van der Waals surface area contributed by atoms with Crippen molar-refractivity contribution in [1.82, 2.24) is 10.2 Å². The zero-order valence-corrected chi connectivity index (χ0v) is 17.6. The number of nitrogens with zero attached hydrogens (tertiary/aromatic N) is 1. The zero-order chi connectivity index (χ0) is 20.6. The first-order valence-electron chi connectivity index (χ1n) is 9.73. The highest BCUT2D eigenvalue weighted by Crippen LogP contribution is 2.35. The zero-order valence-electron chi connectivity index (χ0n) is 16.1. The summed E-state index contributed by atoms with van der Waals surface area (Å²) in [6.07, 6.45) is 2.32. The monoisotopic (exact) mass is 434 g/mol. The largest absolute Gasteiger partial charge is 0.445 e. The summed E-state index contributed by atoms with van der Waals surface area (Å²) >= 11 is 12.1. The van der Waals surface area contributed by atoms with Crippen molar-refractivity contribution >= 4 is 35.2 Å². The summed E-state index contributed by atoms with van der Waals surface area (Å²) in [6, 6.07) is 15.1. The van der Waals surface area contributed by atoms with E-state index in [1.165, 1.54) is 0 Å². The minimum atomic E-state index is -0.476. The lowest BCUT2D eigenvalue weighted by atomic mass is 10.0. The Balaban J connectivity index is 1.40. The van der Waals surface area contributed by atoms with E-state index in [1.54, 1.807) is 6.07 Å². The van der Waals surface area contributed by atoms with Gasteiger partial charge in [-0.15, -0.1) is 0 Å². The SMILES string of the molecule is O=C(NCCCC(=O)N1CCCC1c1ccc(Cl)c(Cl)c1)OCc1ccccc1. The lowest BCUT2D eigenvalue weighted by molar-refractivity contribution is -0.132. The molecule has 0 radical (unpaired) electrons. The molecule has 2 aromatic rings. The van der Waals surface area contributed by atoms with Crippen molar-refractivity contribution in [2.45, 2.75) is 38.3 Å². The van der Waals surface area contributed by atoms with Crippen LogP contribution in [0, 0.1) is 0 Å². The first kappa shape index (κ1) is 21.5. The Morgan fingerprint density at radius 3 is 2.66 bits per heavy atom. The Kier molecular flexibility index (Phi) is 7.78. The molecule has 1 heterocycles. The number of rotatable bonds is 7. The molecule has 1 aliphatic heterocycles. The van der Waals surface area contributed by atoms with E-state index < -0.39 is 6.09 Å². The molecule has 2 aromatic carbocycles. The molecule has 3 rings (SSSR count). The molecule has 29 heavy (non-hydrogen) atoms. The summed E-state index contributed by atoms with van der Waals surface area (Å²) in [7, 11) is 0. The van der Waals surface area contributed by atoms with Crippen LogP contribution in [0.25, 0.3) is 0 Å². The molecule has 154 valence electrons. The molecule has 0 aromatic heterocycles. The van der Waals surface area contributed by atoms with E-state index in [-0.39, 0.29) is 18.6 Å². The average Bonchev–Trinajstić information content (AvgIpc) is 3.22. The highest BCUT2D eigenvalue weighted by Gasteiger charge is 2.29. The first-order chi connectivity index (χ1) is 14.0. The lowest BCUT2D eigenvalue weighted by Crippen LogP contribution is -2.31. The average molecular weight is 435 g/mol. The van der Waals surface area contributed by atoms with Gasteiger partial charge in [0.15, 0.2) is 0 Å². The minimum absolute atomic E-state index is 0.0288. The number of alkyl carbamates (subject to hydrolysis) is 1. The van der Waals surface area contributed by atoms with Crippen molar-refractivity contribution in [2.24, 2.45) is 0 Å². The smallest absolute Gasteiger partial charge is 0.407 e. The van der Waals surface area contributed by atoms with E-state index in [1.807, 2.05) is 47.4 Å². The molecular formula is C22H24Cl2N2O3. The molecule has 1 N–H and O–H groups in total. The quantitative estimate of drug-likeness (QED) is 0.596. The number of ether oxygens (including phenoxy) is 1. The van der Waals surface area contributed by atoms with Gasteiger partial charge in [-0.1, -0.05) is 59.6 Å². The van der Waals surface area contributed by atoms with Crippen molar-refractivity contribution in [3.05, 3.63) is 69.7 Å². The summed E-state index contributed by atoms with van der Waals surface area (Å²) in [4.78, 5) is 26.3. The third kappa shape index (κ3) is 6.12. The van der Waals surface area contributed by atoms with Gasteiger partial charge in [0.05, 0.1) is 16.1 Å². The molecule has 5 nitrogen and oxygen atoms in total. The predicted molar refractivity (Wildman–Crippen MR) is 114 cm³/mol. The molecule has 0 saturated carbocycles. The standard InChI is InChI=1S/C22H24Cl2N2O3/c23-18-11-10-17(14-19(18)24)20-8-5-13-26(20)21(27)9-4-12-25-22(28)29-15-16-6-2-1-3-7-16/h1-3,6-7,10-11,14,20H,4-5,8-9,12-13,15H2,(H,25,28). The fourth-order valence-corrected chi connectivity index (χ4v) is 3.79. The number of likely N-dealkylation sites (tertiary alicyclic amines) is 1. The maximum atomic E-state index is 12.7. The number of amides is 2. The number of halogens is 2.